The van der Waals surface area contributed by atoms with Gasteiger partial charge in [-0.2, -0.15) is 0 Å². The molecule has 0 aliphatic heterocycles. The Hall–Kier alpha value is -2.19. The molecule has 8 heteroatoms. The van der Waals surface area contributed by atoms with Gasteiger partial charge in [-0.25, -0.2) is 24.2 Å². The van der Waals surface area contributed by atoms with Crippen molar-refractivity contribution in [1.29, 1.82) is 0 Å². The van der Waals surface area contributed by atoms with E-state index >= 15 is 0 Å². The van der Waals surface area contributed by atoms with Crippen LogP contribution in [0.4, 0.5) is 0 Å². The monoisotopic (exact) mass is 344 g/mol. The second-order valence-corrected chi connectivity index (χ2v) is 5.61. The van der Waals surface area contributed by atoms with Gasteiger partial charge in [-0.1, -0.05) is 27.0 Å². The predicted octanol–water partition coefficient (Wildman–Crippen LogP) is 1.70. The molecule has 0 fully saturated rings. The summed E-state index contributed by atoms with van der Waals surface area (Å²) in [6, 6.07) is 0. The van der Waals surface area contributed by atoms with E-state index in [1.165, 1.54) is 0 Å². The molecule has 0 bridgehead atoms. The fourth-order valence-corrected chi connectivity index (χ4v) is 1.29. The Morgan fingerprint density at radius 2 is 1.42 bits per heavy atom. The van der Waals surface area contributed by atoms with Gasteiger partial charge in [0.05, 0.1) is 19.8 Å². The molecule has 0 saturated heterocycles. The Morgan fingerprint density at radius 1 is 0.917 bits per heavy atom. The summed E-state index contributed by atoms with van der Waals surface area (Å²) in [6.45, 7) is 13.2. The molecule has 0 aliphatic rings. The quantitative estimate of drug-likeness (QED) is 0.139. The number of rotatable bonds is 11. The fourth-order valence-electron chi connectivity index (χ4n) is 1.29. The Morgan fingerprint density at radius 3 is 1.83 bits per heavy atom. The minimum absolute atomic E-state index is 0.0915. The molecule has 0 spiro atoms. The maximum atomic E-state index is 12.2. The van der Waals surface area contributed by atoms with Crippen LogP contribution >= 0.6 is 0 Å². The van der Waals surface area contributed by atoms with E-state index in [0.29, 0.717) is 6.61 Å². The molecule has 24 heavy (non-hydrogen) atoms. The summed E-state index contributed by atoms with van der Waals surface area (Å²) in [7, 11) is 0. The second kappa shape index (κ2) is 9.84. The number of ether oxygens (including phenoxy) is 3. The summed E-state index contributed by atoms with van der Waals surface area (Å²) in [5.41, 5.74) is -0.587. The van der Waals surface area contributed by atoms with Crippen LogP contribution in [0.1, 0.15) is 27.7 Å². The minimum Gasteiger partial charge on any atom is -0.459 e. The van der Waals surface area contributed by atoms with Gasteiger partial charge in [0.1, 0.15) is 0 Å². The molecule has 0 atom stereocenters. The van der Waals surface area contributed by atoms with Crippen LogP contribution in [0, 0.1) is 5.41 Å². The molecule has 0 aromatic rings. The van der Waals surface area contributed by atoms with Gasteiger partial charge in [0.2, 0.25) is 0 Å². The second-order valence-electron chi connectivity index (χ2n) is 5.61. The van der Waals surface area contributed by atoms with Crippen molar-refractivity contribution in [1.82, 2.24) is 0 Å². The molecule has 0 rings (SSSR count). The summed E-state index contributed by atoms with van der Waals surface area (Å²) < 4.78 is 14.7. The van der Waals surface area contributed by atoms with Crippen LogP contribution in [0.3, 0.4) is 0 Å². The first-order valence-electron chi connectivity index (χ1n) is 7.22. The van der Waals surface area contributed by atoms with Crippen molar-refractivity contribution in [3.63, 3.8) is 0 Å². The number of hydrogen-bond donors (Lipinski definition) is 0. The molecule has 0 saturated carbocycles. The highest BCUT2D eigenvalue weighted by molar-refractivity contribution is 5.89. The normalized spacial score (nSPS) is 11.3. The lowest BCUT2D eigenvalue weighted by molar-refractivity contribution is -0.307. The van der Waals surface area contributed by atoms with E-state index < -0.39 is 29.1 Å². The fraction of sp³-hybridized carbons (Fsp3) is 0.562. The van der Waals surface area contributed by atoms with Gasteiger partial charge in [0, 0.05) is 24.5 Å². The molecule has 0 radical (unpaired) electrons. The molecule has 0 aromatic heterocycles. The highest BCUT2D eigenvalue weighted by Gasteiger charge is 2.43. The Bertz CT molecular complexity index is 458. The van der Waals surface area contributed by atoms with E-state index in [1.807, 2.05) is 0 Å². The lowest BCUT2D eigenvalue weighted by atomic mass is 9.96. The van der Waals surface area contributed by atoms with Gasteiger partial charge in [0.15, 0.2) is 0 Å². The SMILES string of the molecule is C=CC(=O)OC(C)(OC(=O)C=C)C(=O)OCC(C)(C)COOCC. The Labute approximate surface area is 141 Å². The molecule has 0 heterocycles. The van der Waals surface area contributed by atoms with Crippen molar-refractivity contribution in [2.45, 2.75) is 33.5 Å². The number of carbonyl (C=O) groups is 3. The number of esters is 3. The third kappa shape index (κ3) is 7.89. The smallest absolute Gasteiger partial charge is 0.392 e. The third-order valence-electron chi connectivity index (χ3n) is 2.54. The van der Waals surface area contributed by atoms with Crippen LogP contribution < -0.4 is 0 Å². The summed E-state index contributed by atoms with van der Waals surface area (Å²) in [5, 5.41) is 0. The highest BCUT2D eigenvalue weighted by Crippen LogP contribution is 2.21. The highest BCUT2D eigenvalue weighted by atomic mass is 17.2. The molecule has 0 aliphatic carbocycles. The standard InChI is InChI=1S/C16H24O8/c1-7-12(17)23-16(6,24-13(18)8-2)14(19)20-10-15(4,5)11-22-21-9-3/h7-8H,1-2,9-11H2,3-6H3. The van der Waals surface area contributed by atoms with Gasteiger partial charge < -0.3 is 14.2 Å². The van der Waals surface area contributed by atoms with Crippen molar-refractivity contribution in [2.75, 3.05) is 19.8 Å². The van der Waals surface area contributed by atoms with E-state index in [1.54, 1.807) is 20.8 Å². The van der Waals surface area contributed by atoms with E-state index in [-0.39, 0.29) is 13.2 Å². The zero-order chi connectivity index (χ0) is 18.8. The number of hydrogen-bond acceptors (Lipinski definition) is 8. The van der Waals surface area contributed by atoms with Gasteiger partial charge >= 0.3 is 23.7 Å². The Kier molecular flexibility index (Phi) is 8.94. The van der Waals surface area contributed by atoms with E-state index in [4.69, 9.17) is 24.0 Å². The van der Waals surface area contributed by atoms with Crippen LogP contribution in [0.5, 0.6) is 0 Å². The van der Waals surface area contributed by atoms with Crippen molar-refractivity contribution in [3.05, 3.63) is 25.3 Å². The van der Waals surface area contributed by atoms with Gasteiger partial charge in [-0.15, -0.1) is 0 Å². The molecule has 0 N–H and O–H groups in total. The topological polar surface area (TPSA) is 97.4 Å². The van der Waals surface area contributed by atoms with Gasteiger partial charge in [-0.05, 0) is 6.92 Å². The van der Waals surface area contributed by atoms with Crippen molar-refractivity contribution in [3.8, 4) is 0 Å². The van der Waals surface area contributed by atoms with Crippen LogP contribution in [-0.4, -0.2) is 43.5 Å². The first-order chi connectivity index (χ1) is 11.1. The van der Waals surface area contributed by atoms with E-state index in [2.05, 4.69) is 13.2 Å². The van der Waals surface area contributed by atoms with E-state index in [9.17, 15) is 14.4 Å². The van der Waals surface area contributed by atoms with Crippen LogP contribution in [0.15, 0.2) is 25.3 Å². The van der Waals surface area contributed by atoms with Crippen LogP contribution in [0.25, 0.3) is 0 Å². The molecule has 0 aromatic carbocycles. The zero-order valence-electron chi connectivity index (χ0n) is 14.5. The molecule has 0 unspecified atom stereocenters. The van der Waals surface area contributed by atoms with Crippen molar-refractivity contribution < 1.29 is 38.4 Å². The van der Waals surface area contributed by atoms with Crippen molar-refractivity contribution >= 4 is 17.9 Å². The maximum Gasteiger partial charge on any atom is 0.392 e. The summed E-state index contributed by atoms with van der Waals surface area (Å²) in [6.07, 6.45) is 1.65. The summed E-state index contributed by atoms with van der Waals surface area (Å²) in [5.74, 6) is -5.22. The Balaban J connectivity index is 4.92. The van der Waals surface area contributed by atoms with Crippen molar-refractivity contribution in [2.24, 2.45) is 5.41 Å². The van der Waals surface area contributed by atoms with Gasteiger partial charge in [0.25, 0.3) is 0 Å². The summed E-state index contributed by atoms with van der Waals surface area (Å²) in [4.78, 5) is 44.7. The first-order valence-corrected chi connectivity index (χ1v) is 7.22. The molecule has 0 amide bonds. The van der Waals surface area contributed by atoms with E-state index in [0.717, 1.165) is 19.1 Å². The molecule has 136 valence electrons. The summed E-state index contributed by atoms with van der Waals surface area (Å²) >= 11 is 0. The maximum absolute atomic E-state index is 12.2. The zero-order valence-corrected chi connectivity index (χ0v) is 14.5. The largest absolute Gasteiger partial charge is 0.459 e. The average molecular weight is 344 g/mol. The first kappa shape index (κ1) is 21.8. The molecular weight excluding hydrogens is 320 g/mol. The van der Waals surface area contributed by atoms with Crippen LogP contribution in [0.2, 0.25) is 0 Å². The minimum atomic E-state index is -2.26. The van der Waals surface area contributed by atoms with Gasteiger partial charge in [-0.3, -0.25) is 0 Å². The average Bonchev–Trinajstić information content (AvgIpc) is 2.52. The van der Waals surface area contributed by atoms with Crippen LogP contribution in [-0.2, 0) is 38.4 Å². The number of carbonyl (C=O) groups excluding carboxylic acids is 3. The predicted molar refractivity (Wildman–Crippen MR) is 83.3 cm³/mol. The lowest BCUT2D eigenvalue weighted by Gasteiger charge is -2.28. The third-order valence-corrected chi connectivity index (χ3v) is 2.54. The molecule has 8 nitrogen and oxygen atoms in total. The lowest BCUT2D eigenvalue weighted by Crippen LogP contribution is -2.46. The molecular formula is C16H24O8.